The minimum atomic E-state index is 0.492. The van der Waals surface area contributed by atoms with Crippen molar-refractivity contribution in [2.45, 2.75) is 51.5 Å². The van der Waals surface area contributed by atoms with Gasteiger partial charge in [0, 0.05) is 6.04 Å². The molecule has 2 aromatic rings. The van der Waals surface area contributed by atoms with Crippen LogP contribution in [0.4, 0.5) is 0 Å². The Morgan fingerprint density at radius 2 is 1.85 bits per heavy atom. The molecule has 0 bridgehead atoms. The van der Waals surface area contributed by atoms with Crippen molar-refractivity contribution in [2.24, 2.45) is 0 Å². The molecule has 1 nitrogen and oxygen atoms in total. The molecule has 1 heteroatoms. The van der Waals surface area contributed by atoms with Gasteiger partial charge in [-0.3, -0.25) is 0 Å². The number of aryl methyl sites for hydroxylation is 2. The maximum atomic E-state index is 3.53. The van der Waals surface area contributed by atoms with Crippen LogP contribution in [0.5, 0.6) is 0 Å². The lowest BCUT2D eigenvalue weighted by atomic mass is 9.93. The van der Waals surface area contributed by atoms with Gasteiger partial charge >= 0.3 is 0 Å². The summed E-state index contributed by atoms with van der Waals surface area (Å²) in [6.07, 6.45) is 7.61. The molecule has 1 unspecified atom stereocenters. The van der Waals surface area contributed by atoms with Crippen molar-refractivity contribution in [3.05, 3.63) is 47.0 Å². The average Bonchev–Trinajstić information content (AvgIpc) is 2.90. The molecule has 0 heterocycles. The van der Waals surface area contributed by atoms with Crippen molar-refractivity contribution in [2.75, 3.05) is 7.05 Å². The monoisotopic (exact) mass is 267 g/mol. The van der Waals surface area contributed by atoms with Gasteiger partial charge in [0.15, 0.2) is 0 Å². The number of benzene rings is 2. The molecule has 0 aromatic heterocycles. The SMILES string of the molecule is CCCCCC(NC)c1ccc2c3c(cccc13)CC2. The summed E-state index contributed by atoms with van der Waals surface area (Å²) in [5.74, 6) is 0. The van der Waals surface area contributed by atoms with Crippen LogP contribution in [-0.4, -0.2) is 7.05 Å². The Labute approximate surface area is 122 Å². The molecular weight excluding hydrogens is 242 g/mol. The van der Waals surface area contributed by atoms with Gasteiger partial charge in [-0.15, -0.1) is 0 Å². The first-order valence-corrected chi connectivity index (χ1v) is 8.05. The van der Waals surface area contributed by atoms with Gasteiger partial charge < -0.3 is 5.32 Å². The summed E-state index contributed by atoms with van der Waals surface area (Å²) in [5.41, 5.74) is 4.58. The second kappa shape index (κ2) is 5.97. The van der Waals surface area contributed by atoms with Crippen LogP contribution in [0.3, 0.4) is 0 Å². The summed E-state index contributed by atoms with van der Waals surface area (Å²) >= 11 is 0. The third-order valence-electron chi connectivity index (χ3n) is 4.73. The average molecular weight is 267 g/mol. The van der Waals surface area contributed by atoms with Gasteiger partial charge in [0.25, 0.3) is 0 Å². The lowest BCUT2D eigenvalue weighted by Gasteiger charge is -2.19. The van der Waals surface area contributed by atoms with Crippen LogP contribution in [0, 0.1) is 0 Å². The van der Waals surface area contributed by atoms with Crippen molar-refractivity contribution in [3.63, 3.8) is 0 Å². The Kier molecular flexibility index (Phi) is 4.07. The summed E-state index contributed by atoms with van der Waals surface area (Å²) in [6.45, 7) is 2.27. The summed E-state index contributed by atoms with van der Waals surface area (Å²) in [7, 11) is 2.10. The quantitative estimate of drug-likeness (QED) is 0.743. The largest absolute Gasteiger partial charge is 0.313 e. The standard InChI is InChI=1S/C19H25N/c1-3-4-5-9-18(20-2)16-13-12-15-11-10-14-7-6-8-17(16)19(14)15/h6-8,12-13,18,20H,3-5,9-11H2,1-2H3. The highest BCUT2D eigenvalue weighted by Crippen LogP contribution is 2.35. The molecule has 1 aliphatic rings. The molecule has 2 aromatic carbocycles. The molecule has 1 aliphatic carbocycles. The fourth-order valence-electron chi connectivity index (χ4n) is 3.63. The Morgan fingerprint density at radius 1 is 1.05 bits per heavy atom. The van der Waals surface area contributed by atoms with E-state index >= 15 is 0 Å². The van der Waals surface area contributed by atoms with Crippen LogP contribution >= 0.6 is 0 Å². The van der Waals surface area contributed by atoms with Crippen LogP contribution in [0.25, 0.3) is 10.8 Å². The van der Waals surface area contributed by atoms with Crippen molar-refractivity contribution >= 4 is 10.8 Å². The van der Waals surface area contributed by atoms with E-state index < -0.39 is 0 Å². The number of unbranched alkanes of at least 4 members (excludes halogenated alkanes) is 2. The molecule has 0 fully saturated rings. The van der Waals surface area contributed by atoms with Crippen LogP contribution in [0.2, 0.25) is 0 Å². The van der Waals surface area contributed by atoms with Crippen LogP contribution in [0.15, 0.2) is 30.3 Å². The van der Waals surface area contributed by atoms with E-state index in [4.69, 9.17) is 0 Å². The fraction of sp³-hybridized carbons (Fsp3) is 0.474. The van der Waals surface area contributed by atoms with Crippen molar-refractivity contribution in [3.8, 4) is 0 Å². The molecule has 0 spiro atoms. The molecule has 1 N–H and O–H groups in total. The number of nitrogens with one attached hydrogen (secondary N) is 1. The van der Waals surface area contributed by atoms with E-state index in [2.05, 4.69) is 49.6 Å². The number of hydrogen-bond donors (Lipinski definition) is 1. The van der Waals surface area contributed by atoms with Gasteiger partial charge in [-0.25, -0.2) is 0 Å². The molecule has 0 aliphatic heterocycles. The highest BCUT2D eigenvalue weighted by atomic mass is 14.9. The summed E-state index contributed by atoms with van der Waals surface area (Å²) in [6, 6.07) is 12.1. The minimum absolute atomic E-state index is 0.492. The maximum absolute atomic E-state index is 3.53. The highest BCUT2D eigenvalue weighted by Gasteiger charge is 2.18. The van der Waals surface area contributed by atoms with Gasteiger partial charge in [0.2, 0.25) is 0 Å². The van der Waals surface area contributed by atoms with E-state index in [1.807, 2.05) is 0 Å². The summed E-state index contributed by atoms with van der Waals surface area (Å²) in [5, 5.41) is 6.55. The van der Waals surface area contributed by atoms with E-state index in [1.165, 1.54) is 49.5 Å². The maximum Gasteiger partial charge on any atom is 0.0323 e. The van der Waals surface area contributed by atoms with E-state index in [0.29, 0.717) is 6.04 Å². The van der Waals surface area contributed by atoms with Crippen LogP contribution in [-0.2, 0) is 12.8 Å². The van der Waals surface area contributed by atoms with Gasteiger partial charge in [0.05, 0.1) is 0 Å². The van der Waals surface area contributed by atoms with Gasteiger partial charge in [-0.1, -0.05) is 56.5 Å². The normalized spacial score (nSPS) is 14.9. The van der Waals surface area contributed by atoms with Crippen molar-refractivity contribution in [1.29, 1.82) is 0 Å². The lowest BCUT2D eigenvalue weighted by Crippen LogP contribution is -2.16. The predicted octanol–water partition coefficient (Wildman–Crippen LogP) is 4.78. The second-order valence-corrected chi connectivity index (χ2v) is 5.99. The molecule has 0 radical (unpaired) electrons. The molecule has 0 saturated carbocycles. The number of hydrogen-bond acceptors (Lipinski definition) is 1. The summed E-state index contributed by atoms with van der Waals surface area (Å²) in [4.78, 5) is 0. The molecule has 3 rings (SSSR count). The van der Waals surface area contributed by atoms with Crippen molar-refractivity contribution in [1.82, 2.24) is 5.32 Å². The zero-order chi connectivity index (χ0) is 13.9. The van der Waals surface area contributed by atoms with Gasteiger partial charge in [-0.05, 0) is 53.8 Å². The third-order valence-corrected chi connectivity index (χ3v) is 4.73. The highest BCUT2D eigenvalue weighted by molar-refractivity contribution is 5.93. The van der Waals surface area contributed by atoms with E-state index in [1.54, 1.807) is 16.5 Å². The third kappa shape index (κ3) is 2.35. The first-order valence-electron chi connectivity index (χ1n) is 8.05. The van der Waals surface area contributed by atoms with Gasteiger partial charge in [-0.2, -0.15) is 0 Å². The second-order valence-electron chi connectivity index (χ2n) is 5.99. The Hall–Kier alpha value is -1.34. The fourth-order valence-corrected chi connectivity index (χ4v) is 3.63. The summed E-state index contributed by atoms with van der Waals surface area (Å²) < 4.78 is 0. The predicted molar refractivity (Wildman–Crippen MR) is 87.3 cm³/mol. The molecule has 0 amide bonds. The molecule has 1 atom stereocenters. The minimum Gasteiger partial charge on any atom is -0.313 e. The molecule has 106 valence electrons. The zero-order valence-corrected chi connectivity index (χ0v) is 12.7. The van der Waals surface area contributed by atoms with Crippen molar-refractivity contribution < 1.29 is 0 Å². The Morgan fingerprint density at radius 3 is 2.60 bits per heavy atom. The van der Waals surface area contributed by atoms with Crippen LogP contribution < -0.4 is 5.32 Å². The van der Waals surface area contributed by atoms with Gasteiger partial charge in [0.1, 0.15) is 0 Å². The molecular formula is C19H25N. The lowest BCUT2D eigenvalue weighted by molar-refractivity contribution is 0.514. The van der Waals surface area contributed by atoms with E-state index in [0.717, 1.165) is 0 Å². The smallest absolute Gasteiger partial charge is 0.0323 e. The van der Waals surface area contributed by atoms with E-state index in [9.17, 15) is 0 Å². The molecule has 20 heavy (non-hydrogen) atoms. The number of rotatable bonds is 6. The first-order chi connectivity index (χ1) is 9.85. The zero-order valence-electron chi connectivity index (χ0n) is 12.7. The Balaban J connectivity index is 1.99. The first kappa shape index (κ1) is 13.6. The van der Waals surface area contributed by atoms with Crippen LogP contribution in [0.1, 0.15) is 55.3 Å². The van der Waals surface area contributed by atoms with E-state index in [-0.39, 0.29) is 0 Å². The molecule has 0 saturated heterocycles. The Bertz CT molecular complexity index is 590. The topological polar surface area (TPSA) is 12.0 Å².